The summed E-state index contributed by atoms with van der Waals surface area (Å²) >= 11 is 0. The highest BCUT2D eigenvalue weighted by molar-refractivity contribution is 5.90. The first-order valence-corrected chi connectivity index (χ1v) is 10.3. The van der Waals surface area contributed by atoms with Crippen molar-refractivity contribution in [2.75, 3.05) is 26.9 Å². The summed E-state index contributed by atoms with van der Waals surface area (Å²) in [6.07, 6.45) is 2.82. The Morgan fingerprint density at radius 3 is 2.71 bits per heavy atom. The Labute approximate surface area is 181 Å². The second-order valence-electron chi connectivity index (χ2n) is 7.44. The van der Waals surface area contributed by atoms with Crippen molar-refractivity contribution in [1.82, 2.24) is 4.90 Å². The molecule has 2 aliphatic heterocycles. The van der Waals surface area contributed by atoms with E-state index >= 15 is 0 Å². The van der Waals surface area contributed by atoms with E-state index in [1.54, 1.807) is 37.1 Å². The van der Waals surface area contributed by atoms with E-state index in [1.807, 2.05) is 18.2 Å². The van der Waals surface area contributed by atoms with Crippen molar-refractivity contribution in [3.05, 3.63) is 59.2 Å². The number of hydrogen-bond acceptors (Lipinski definition) is 6. The molecule has 2 aromatic carbocycles. The van der Waals surface area contributed by atoms with Crippen molar-refractivity contribution in [2.45, 2.75) is 26.0 Å². The third-order valence-corrected chi connectivity index (χ3v) is 5.35. The summed E-state index contributed by atoms with van der Waals surface area (Å²) in [4.78, 5) is 26.8. The van der Waals surface area contributed by atoms with Gasteiger partial charge in [-0.05, 0) is 48.2 Å². The van der Waals surface area contributed by atoms with E-state index in [9.17, 15) is 9.59 Å². The molecule has 1 atom stereocenters. The van der Waals surface area contributed by atoms with E-state index in [-0.39, 0.29) is 5.91 Å². The van der Waals surface area contributed by atoms with Crippen LogP contribution in [0.5, 0.6) is 17.2 Å². The lowest BCUT2D eigenvalue weighted by Crippen LogP contribution is -2.42. The van der Waals surface area contributed by atoms with Gasteiger partial charge in [-0.25, -0.2) is 4.79 Å². The van der Waals surface area contributed by atoms with Gasteiger partial charge in [0.1, 0.15) is 13.2 Å². The Balaban J connectivity index is 1.37. The molecule has 0 bridgehead atoms. The lowest BCUT2D eigenvalue weighted by atomic mass is 9.99. The van der Waals surface area contributed by atoms with E-state index < -0.39 is 12.1 Å². The number of fused-ring (bicyclic) bond motifs is 2. The quantitative estimate of drug-likeness (QED) is 0.544. The van der Waals surface area contributed by atoms with Crippen molar-refractivity contribution in [1.29, 1.82) is 0 Å². The van der Waals surface area contributed by atoms with Gasteiger partial charge in [-0.2, -0.15) is 0 Å². The molecule has 0 unspecified atom stereocenters. The van der Waals surface area contributed by atoms with Crippen LogP contribution in [-0.4, -0.2) is 49.7 Å². The van der Waals surface area contributed by atoms with Gasteiger partial charge in [-0.15, -0.1) is 0 Å². The summed E-state index contributed by atoms with van der Waals surface area (Å²) in [5.74, 6) is 0.854. The van der Waals surface area contributed by atoms with E-state index in [4.69, 9.17) is 18.9 Å². The zero-order valence-corrected chi connectivity index (χ0v) is 17.6. The third kappa shape index (κ3) is 4.66. The molecule has 0 spiro atoms. The largest absolute Gasteiger partial charge is 0.493 e. The Morgan fingerprint density at radius 1 is 1.13 bits per heavy atom. The molecular formula is C24H25NO6. The highest BCUT2D eigenvalue weighted by Crippen LogP contribution is 2.40. The first-order valence-electron chi connectivity index (χ1n) is 10.3. The number of nitrogens with zero attached hydrogens (tertiary/aromatic N) is 1. The maximum Gasteiger partial charge on any atom is 0.331 e. The van der Waals surface area contributed by atoms with E-state index in [2.05, 4.69) is 6.07 Å². The van der Waals surface area contributed by atoms with Crippen molar-refractivity contribution >= 4 is 18.0 Å². The second kappa shape index (κ2) is 9.12. The number of ether oxygens (including phenoxy) is 4. The fourth-order valence-electron chi connectivity index (χ4n) is 3.76. The van der Waals surface area contributed by atoms with Crippen LogP contribution in [-0.2, 0) is 27.3 Å². The van der Waals surface area contributed by atoms with Crippen molar-refractivity contribution in [2.24, 2.45) is 0 Å². The van der Waals surface area contributed by atoms with Gasteiger partial charge in [0.05, 0.1) is 7.11 Å². The number of carbonyl (C=O) groups excluding carboxylic acids is 2. The van der Waals surface area contributed by atoms with Crippen LogP contribution in [0.2, 0.25) is 0 Å². The van der Waals surface area contributed by atoms with Crippen LogP contribution >= 0.6 is 0 Å². The molecule has 4 rings (SSSR count). The van der Waals surface area contributed by atoms with Crippen LogP contribution < -0.4 is 14.2 Å². The van der Waals surface area contributed by atoms with Crippen LogP contribution in [0.1, 0.15) is 23.6 Å². The van der Waals surface area contributed by atoms with Gasteiger partial charge in [-0.1, -0.05) is 24.3 Å². The number of methoxy groups -OCH3 is 1. The molecule has 0 N–H and O–H groups in total. The Kier molecular flexibility index (Phi) is 6.11. The minimum Gasteiger partial charge on any atom is -0.493 e. The fourth-order valence-corrected chi connectivity index (χ4v) is 3.76. The molecule has 2 aromatic rings. The van der Waals surface area contributed by atoms with Crippen LogP contribution in [0.4, 0.5) is 0 Å². The Bertz CT molecular complexity index is 998. The zero-order chi connectivity index (χ0) is 21.8. The van der Waals surface area contributed by atoms with Gasteiger partial charge >= 0.3 is 5.97 Å². The highest BCUT2D eigenvalue weighted by Gasteiger charge is 2.26. The van der Waals surface area contributed by atoms with E-state index in [0.717, 1.165) is 12.0 Å². The lowest BCUT2D eigenvalue weighted by Gasteiger charge is -2.30. The summed E-state index contributed by atoms with van der Waals surface area (Å²) in [6.45, 7) is 3.65. The standard InChI is InChI=1S/C24H25NO6/c1-16(24(27)25-10-9-18-5-3-4-6-19(18)15-25)31-22(26)8-7-17-13-20(28-2)23-21(14-17)29-11-12-30-23/h3-8,13-14,16H,9-12,15H2,1-2H3/b8-7+/t16-/m1/s1. The number of amides is 1. The molecule has 0 saturated heterocycles. The second-order valence-corrected chi connectivity index (χ2v) is 7.44. The smallest absolute Gasteiger partial charge is 0.331 e. The van der Waals surface area contributed by atoms with Crippen molar-refractivity contribution in [3.63, 3.8) is 0 Å². The molecule has 2 heterocycles. The Morgan fingerprint density at radius 2 is 1.90 bits per heavy atom. The van der Waals surface area contributed by atoms with Crippen LogP contribution in [0, 0.1) is 0 Å². The molecule has 0 saturated carbocycles. The summed E-state index contributed by atoms with van der Waals surface area (Å²) in [7, 11) is 1.54. The normalized spacial score (nSPS) is 15.9. The van der Waals surface area contributed by atoms with Crippen molar-refractivity contribution < 1.29 is 28.5 Å². The van der Waals surface area contributed by atoms with Gasteiger partial charge in [0, 0.05) is 19.2 Å². The van der Waals surface area contributed by atoms with Gasteiger partial charge in [-0.3, -0.25) is 4.79 Å². The molecule has 7 nitrogen and oxygen atoms in total. The number of esters is 1. The average Bonchev–Trinajstić information content (AvgIpc) is 2.81. The molecule has 1 amide bonds. The molecule has 0 aliphatic carbocycles. The topological polar surface area (TPSA) is 74.3 Å². The average molecular weight is 423 g/mol. The van der Waals surface area contributed by atoms with Crippen LogP contribution in [0.3, 0.4) is 0 Å². The summed E-state index contributed by atoms with van der Waals surface area (Å²) < 4.78 is 21.9. The van der Waals surface area contributed by atoms with Gasteiger partial charge in [0.15, 0.2) is 17.6 Å². The monoisotopic (exact) mass is 423 g/mol. The van der Waals surface area contributed by atoms with Crippen molar-refractivity contribution in [3.8, 4) is 17.2 Å². The van der Waals surface area contributed by atoms with Crippen LogP contribution in [0.25, 0.3) is 6.08 Å². The lowest BCUT2D eigenvalue weighted by molar-refractivity contribution is -0.155. The van der Waals surface area contributed by atoms with Gasteiger partial charge in [0.25, 0.3) is 5.91 Å². The molecular weight excluding hydrogens is 398 g/mol. The summed E-state index contributed by atoms with van der Waals surface area (Å²) in [6, 6.07) is 11.6. The first kappa shape index (κ1) is 20.8. The van der Waals surface area contributed by atoms with Crippen LogP contribution in [0.15, 0.2) is 42.5 Å². The third-order valence-electron chi connectivity index (χ3n) is 5.35. The predicted octanol–water partition coefficient (Wildman–Crippen LogP) is 3.00. The van der Waals surface area contributed by atoms with Gasteiger partial charge in [0.2, 0.25) is 5.75 Å². The van der Waals surface area contributed by atoms with E-state index in [0.29, 0.717) is 49.1 Å². The molecule has 0 aromatic heterocycles. The minimum atomic E-state index is -0.864. The minimum absolute atomic E-state index is 0.197. The number of rotatable bonds is 5. The van der Waals surface area contributed by atoms with Gasteiger partial charge < -0.3 is 23.8 Å². The molecule has 0 fully saturated rings. The predicted molar refractivity (Wildman–Crippen MR) is 114 cm³/mol. The maximum absolute atomic E-state index is 12.7. The highest BCUT2D eigenvalue weighted by atomic mass is 16.6. The molecule has 2 aliphatic rings. The molecule has 7 heteroatoms. The maximum atomic E-state index is 12.7. The number of hydrogen-bond donors (Lipinski definition) is 0. The molecule has 31 heavy (non-hydrogen) atoms. The molecule has 0 radical (unpaired) electrons. The zero-order valence-electron chi connectivity index (χ0n) is 17.6. The number of carbonyl (C=O) groups is 2. The molecule has 162 valence electrons. The fraction of sp³-hybridized carbons (Fsp3) is 0.333. The summed E-state index contributed by atoms with van der Waals surface area (Å²) in [5, 5.41) is 0. The number of benzene rings is 2. The Hall–Kier alpha value is -3.48. The summed E-state index contributed by atoms with van der Waals surface area (Å²) in [5.41, 5.74) is 3.09. The first-order chi connectivity index (χ1) is 15.0. The van der Waals surface area contributed by atoms with E-state index in [1.165, 1.54) is 11.6 Å². The SMILES string of the molecule is COc1cc(/C=C/C(=O)O[C@H](C)C(=O)N2CCc3ccccc3C2)cc2c1OCCO2.